The van der Waals surface area contributed by atoms with Crippen LogP contribution in [0.4, 0.5) is 0 Å². The smallest absolute Gasteiger partial charge is 0.267 e. The molecule has 0 radical (unpaired) electrons. The number of aliphatic hydroxyl groups is 1. The first-order chi connectivity index (χ1) is 16.5. The predicted molar refractivity (Wildman–Crippen MR) is 133 cm³/mol. The van der Waals surface area contributed by atoms with Crippen LogP contribution in [0.15, 0.2) is 65.5 Å². The van der Waals surface area contributed by atoms with E-state index < -0.39 is 0 Å². The number of carbonyl (C=O) groups is 1. The highest BCUT2D eigenvalue weighted by Gasteiger charge is 2.37. The molecule has 0 unspecified atom stereocenters. The molecule has 2 aromatic carbocycles. The molecule has 1 amide bonds. The molecule has 1 aromatic heterocycles. The van der Waals surface area contributed by atoms with Crippen LogP contribution in [-0.4, -0.2) is 40.5 Å². The molecule has 0 bridgehead atoms. The quantitative estimate of drug-likeness (QED) is 0.480. The molecule has 1 aliphatic rings. The third kappa shape index (κ3) is 5.06. The Morgan fingerprint density at radius 3 is 2.62 bits per heavy atom. The second-order valence-electron chi connectivity index (χ2n) is 8.79. The predicted octanol–water partition coefficient (Wildman–Crippen LogP) is 3.30. The molecule has 0 aliphatic heterocycles. The second-order valence-corrected chi connectivity index (χ2v) is 9.22. The van der Waals surface area contributed by atoms with Crippen LogP contribution < -0.4 is 16.6 Å². The summed E-state index contributed by atoms with van der Waals surface area (Å²) in [5.41, 5.74) is 8.92. The molecule has 178 valence electrons. The van der Waals surface area contributed by atoms with Crippen LogP contribution in [0.1, 0.15) is 47.6 Å². The summed E-state index contributed by atoms with van der Waals surface area (Å²) in [6, 6.07) is 18.2. The molecular weight excluding hydrogens is 452 g/mol. The molecule has 4 rings (SSSR count). The zero-order valence-electron chi connectivity index (χ0n) is 18.9. The number of aliphatic hydroxyl groups excluding tert-OH is 1. The maximum absolute atomic E-state index is 12.7. The summed E-state index contributed by atoms with van der Waals surface area (Å²) in [4.78, 5) is 25.0. The van der Waals surface area contributed by atoms with Crippen molar-refractivity contribution in [1.82, 2.24) is 15.1 Å². The number of carbonyl (C=O) groups excluding carboxylic acids is 1. The van der Waals surface area contributed by atoms with Crippen molar-refractivity contribution in [2.75, 3.05) is 19.7 Å². The molecule has 0 spiro atoms. The van der Waals surface area contributed by atoms with E-state index in [1.807, 2.05) is 24.3 Å². The van der Waals surface area contributed by atoms with Crippen LogP contribution in [0, 0.1) is 0 Å². The number of hydrogen-bond acceptors (Lipinski definition) is 5. The molecule has 0 saturated heterocycles. The summed E-state index contributed by atoms with van der Waals surface area (Å²) >= 11 is 6.23. The summed E-state index contributed by atoms with van der Waals surface area (Å²) in [6.45, 7) is 0.586. The van der Waals surface area contributed by atoms with Crippen molar-refractivity contribution < 1.29 is 9.90 Å². The third-order valence-electron chi connectivity index (χ3n) is 6.73. The van der Waals surface area contributed by atoms with Crippen molar-refractivity contribution in [1.29, 1.82) is 0 Å². The van der Waals surface area contributed by atoms with Gasteiger partial charge in [0.2, 0.25) is 0 Å². The van der Waals surface area contributed by atoms with E-state index >= 15 is 0 Å². The summed E-state index contributed by atoms with van der Waals surface area (Å²) in [6.07, 6.45) is 3.24. The van der Waals surface area contributed by atoms with Crippen LogP contribution in [-0.2, 0) is 5.41 Å². The third-order valence-corrected chi connectivity index (χ3v) is 6.96. The average Bonchev–Trinajstić information content (AvgIpc) is 2.88. The Kier molecular flexibility index (Phi) is 7.46. The van der Waals surface area contributed by atoms with Gasteiger partial charge in [-0.25, -0.2) is 4.68 Å². The maximum atomic E-state index is 12.7. The highest BCUT2D eigenvalue weighted by Crippen LogP contribution is 2.42. The Balaban J connectivity index is 1.56. The molecule has 1 saturated carbocycles. The lowest BCUT2D eigenvalue weighted by Crippen LogP contribution is -2.41. The van der Waals surface area contributed by atoms with Gasteiger partial charge < -0.3 is 16.2 Å². The first-order valence-corrected chi connectivity index (χ1v) is 11.9. The fourth-order valence-corrected chi connectivity index (χ4v) is 4.95. The van der Waals surface area contributed by atoms with Gasteiger partial charge in [-0.1, -0.05) is 35.9 Å². The maximum Gasteiger partial charge on any atom is 0.267 e. The highest BCUT2D eigenvalue weighted by molar-refractivity contribution is 6.30. The zero-order chi connectivity index (χ0) is 24.1. The number of aromatic nitrogens is 2. The molecule has 1 aliphatic carbocycles. The number of rotatable bonds is 7. The largest absolute Gasteiger partial charge is 0.395 e. The molecule has 4 N–H and O–H groups in total. The number of nitrogens with zero attached hydrogens (tertiary/aromatic N) is 2. The van der Waals surface area contributed by atoms with E-state index in [9.17, 15) is 9.59 Å². The average molecular weight is 481 g/mol. The first kappa shape index (κ1) is 24.1. The van der Waals surface area contributed by atoms with E-state index in [1.54, 1.807) is 28.9 Å². The van der Waals surface area contributed by atoms with Gasteiger partial charge in [-0.05, 0) is 61.6 Å². The minimum absolute atomic E-state index is 0.0256. The van der Waals surface area contributed by atoms with Crippen LogP contribution in [0.2, 0.25) is 5.02 Å². The summed E-state index contributed by atoms with van der Waals surface area (Å²) in [5.74, 6) is -0.268. The fraction of sp³-hybridized carbons (Fsp3) is 0.346. The zero-order valence-corrected chi connectivity index (χ0v) is 19.7. The van der Waals surface area contributed by atoms with Crippen molar-refractivity contribution in [3.63, 3.8) is 0 Å². The topological polar surface area (TPSA) is 110 Å². The lowest BCUT2D eigenvalue weighted by atomic mass is 9.68. The van der Waals surface area contributed by atoms with Crippen molar-refractivity contribution in [3.8, 4) is 11.3 Å². The minimum Gasteiger partial charge on any atom is -0.395 e. The number of benzene rings is 2. The lowest BCUT2D eigenvalue weighted by molar-refractivity contribution is 0.0945. The molecule has 1 fully saturated rings. The van der Waals surface area contributed by atoms with E-state index in [0.29, 0.717) is 22.8 Å². The van der Waals surface area contributed by atoms with Crippen LogP contribution in [0.5, 0.6) is 0 Å². The molecule has 1 heterocycles. The summed E-state index contributed by atoms with van der Waals surface area (Å²) in [7, 11) is 0. The van der Waals surface area contributed by atoms with Gasteiger partial charge in [-0.2, -0.15) is 5.10 Å². The van der Waals surface area contributed by atoms with Gasteiger partial charge in [0.1, 0.15) is 0 Å². The highest BCUT2D eigenvalue weighted by atomic mass is 35.5. The van der Waals surface area contributed by atoms with E-state index in [2.05, 4.69) is 16.5 Å². The van der Waals surface area contributed by atoms with E-state index in [4.69, 9.17) is 22.4 Å². The standard InChI is InChI=1S/C26H29ClN4O3/c27-21-6-2-5-20(16-21)26(17-28)11-9-22(10-12-26)31-24(33)8-7-23(30-31)18-3-1-4-19(15-18)25(34)29-13-14-32/h1-8,15-16,22,32H,9-14,17,28H2,(H,29,34). The second kappa shape index (κ2) is 10.5. The molecule has 7 nitrogen and oxygen atoms in total. The molecule has 8 heteroatoms. The Labute approximate surface area is 203 Å². The normalized spacial score (nSPS) is 20.1. The summed E-state index contributed by atoms with van der Waals surface area (Å²) < 4.78 is 1.58. The van der Waals surface area contributed by atoms with Crippen molar-refractivity contribution >= 4 is 17.5 Å². The van der Waals surface area contributed by atoms with Crippen molar-refractivity contribution in [2.24, 2.45) is 5.73 Å². The van der Waals surface area contributed by atoms with Gasteiger partial charge in [0, 0.05) is 40.7 Å². The van der Waals surface area contributed by atoms with E-state index in [-0.39, 0.29) is 36.1 Å². The summed E-state index contributed by atoms with van der Waals surface area (Å²) in [5, 5.41) is 16.9. The van der Waals surface area contributed by atoms with Gasteiger partial charge in [-0.15, -0.1) is 0 Å². The van der Waals surface area contributed by atoms with E-state index in [1.165, 1.54) is 6.07 Å². The number of hydrogen-bond donors (Lipinski definition) is 3. The monoisotopic (exact) mass is 480 g/mol. The van der Waals surface area contributed by atoms with Crippen LogP contribution in [0.3, 0.4) is 0 Å². The van der Waals surface area contributed by atoms with Crippen LogP contribution >= 0.6 is 11.6 Å². The van der Waals surface area contributed by atoms with Crippen molar-refractivity contribution in [2.45, 2.75) is 37.1 Å². The first-order valence-electron chi connectivity index (χ1n) is 11.5. The Bertz CT molecular complexity index is 1220. The fourth-order valence-electron chi connectivity index (χ4n) is 4.76. The molecule has 3 aromatic rings. The number of nitrogens with one attached hydrogen (secondary N) is 1. The Morgan fingerprint density at radius 1 is 1.15 bits per heavy atom. The van der Waals surface area contributed by atoms with E-state index in [0.717, 1.165) is 36.8 Å². The number of amides is 1. The number of nitrogens with two attached hydrogens (primary N) is 1. The molecule has 34 heavy (non-hydrogen) atoms. The molecule has 0 atom stereocenters. The van der Waals surface area contributed by atoms with Gasteiger partial charge >= 0.3 is 0 Å². The Hall–Kier alpha value is -3.00. The molecular formula is C26H29ClN4O3. The Morgan fingerprint density at radius 2 is 1.91 bits per heavy atom. The van der Waals surface area contributed by atoms with Gasteiger partial charge in [0.25, 0.3) is 11.5 Å². The van der Waals surface area contributed by atoms with Crippen LogP contribution in [0.25, 0.3) is 11.3 Å². The lowest BCUT2D eigenvalue weighted by Gasteiger charge is -2.40. The van der Waals surface area contributed by atoms with Gasteiger partial charge in [0.05, 0.1) is 18.3 Å². The van der Waals surface area contributed by atoms with Gasteiger partial charge in [0.15, 0.2) is 0 Å². The minimum atomic E-state index is -0.268. The van der Waals surface area contributed by atoms with Gasteiger partial charge in [-0.3, -0.25) is 9.59 Å². The SMILES string of the molecule is NCC1(c2cccc(Cl)c2)CCC(n2nc(-c3cccc(C(=O)NCCO)c3)ccc2=O)CC1. The number of halogens is 1. The van der Waals surface area contributed by atoms with Crippen molar-refractivity contribution in [3.05, 3.63) is 87.2 Å².